The summed E-state index contributed by atoms with van der Waals surface area (Å²) in [5.41, 5.74) is 0.163. The molecule has 1 aromatic carbocycles. The third-order valence-corrected chi connectivity index (χ3v) is 1.72. The molecule has 0 aliphatic heterocycles. The summed E-state index contributed by atoms with van der Waals surface area (Å²) < 4.78 is 4.91. The first-order valence-electron chi connectivity index (χ1n) is 4.28. The van der Waals surface area contributed by atoms with Crippen LogP contribution < -0.4 is 0 Å². The summed E-state index contributed by atoms with van der Waals surface area (Å²) in [6.45, 7) is 2.17. The highest BCUT2D eigenvalue weighted by Gasteiger charge is 2.11. The molecule has 0 atom stereocenters. The maximum atomic E-state index is 11.4. The molecule has 0 heterocycles. The van der Waals surface area contributed by atoms with E-state index in [1.165, 1.54) is 12.1 Å². The molecule has 0 amide bonds. The summed E-state index contributed by atoms with van der Waals surface area (Å²) in [5.74, 6) is -0.602. The van der Waals surface area contributed by atoms with Crippen LogP contribution in [0.2, 0.25) is 0 Å². The fourth-order valence-electron chi connectivity index (χ4n) is 1.03. The Morgan fingerprint density at radius 3 is 2.71 bits per heavy atom. The van der Waals surface area contributed by atoms with Gasteiger partial charge >= 0.3 is 0 Å². The van der Waals surface area contributed by atoms with Gasteiger partial charge in [0.15, 0.2) is 5.78 Å². The summed E-state index contributed by atoms with van der Waals surface area (Å²) in [5, 5.41) is 18.3. The molecule has 0 fully saturated rings. The minimum absolute atomic E-state index is 0.0607. The number of aromatic hydroxyl groups is 2. The zero-order valence-electron chi connectivity index (χ0n) is 7.86. The molecule has 0 saturated carbocycles. The van der Waals surface area contributed by atoms with Gasteiger partial charge in [-0.25, -0.2) is 0 Å². The van der Waals surface area contributed by atoms with Crippen molar-refractivity contribution in [1.29, 1.82) is 0 Å². The summed E-state index contributed by atoms with van der Waals surface area (Å²) in [7, 11) is 0. The number of rotatable bonds is 4. The van der Waals surface area contributed by atoms with E-state index >= 15 is 0 Å². The number of benzene rings is 1. The van der Waals surface area contributed by atoms with Gasteiger partial charge in [0.25, 0.3) is 0 Å². The maximum Gasteiger partial charge on any atom is 0.192 e. The molecular formula is C10H12O4. The molecule has 0 radical (unpaired) electrons. The predicted molar refractivity (Wildman–Crippen MR) is 50.6 cm³/mol. The van der Waals surface area contributed by atoms with Gasteiger partial charge in [-0.05, 0) is 19.1 Å². The molecule has 76 valence electrons. The van der Waals surface area contributed by atoms with Crippen LogP contribution in [-0.2, 0) is 4.74 Å². The van der Waals surface area contributed by atoms with Gasteiger partial charge in [0.05, 0.1) is 5.56 Å². The number of carbonyl (C=O) groups is 1. The Morgan fingerprint density at radius 2 is 2.14 bits per heavy atom. The van der Waals surface area contributed by atoms with Crippen molar-refractivity contribution < 1.29 is 19.7 Å². The molecule has 4 heteroatoms. The van der Waals surface area contributed by atoms with Crippen LogP contribution in [0.5, 0.6) is 11.5 Å². The van der Waals surface area contributed by atoms with Crippen molar-refractivity contribution in [2.75, 3.05) is 13.2 Å². The highest BCUT2D eigenvalue weighted by atomic mass is 16.5. The van der Waals surface area contributed by atoms with Crippen LogP contribution in [0.1, 0.15) is 17.3 Å². The molecule has 0 spiro atoms. The first kappa shape index (κ1) is 10.5. The molecule has 0 saturated heterocycles. The maximum absolute atomic E-state index is 11.4. The second-order valence-electron chi connectivity index (χ2n) is 2.76. The van der Waals surface area contributed by atoms with Gasteiger partial charge in [-0.2, -0.15) is 0 Å². The van der Waals surface area contributed by atoms with E-state index in [0.717, 1.165) is 6.07 Å². The van der Waals surface area contributed by atoms with Gasteiger partial charge in [0.1, 0.15) is 18.1 Å². The molecule has 1 aromatic rings. The van der Waals surface area contributed by atoms with E-state index < -0.39 is 0 Å². The first-order chi connectivity index (χ1) is 6.65. The number of hydrogen-bond donors (Lipinski definition) is 2. The number of phenols is 2. The summed E-state index contributed by atoms with van der Waals surface area (Å²) in [6.07, 6.45) is 0. The van der Waals surface area contributed by atoms with E-state index in [1.807, 2.05) is 0 Å². The van der Waals surface area contributed by atoms with E-state index in [0.29, 0.717) is 6.61 Å². The molecule has 2 N–H and O–H groups in total. The van der Waals surface area contributed by atoms with E-state index in [2.05, 4.69) is 0 Å². The average molecular weight is 196 g/mol. The average Bonchev–Trinajstić information content (AvgIpc) is 2.14. The highest BCUT2D eigenvalue weighted by Crippen LogP contribution is 2.22. The molecule has 0 aliphatic carbocycles. The Hall–Kier alpha value is -1.55. The lowest BCUT2D eigenvalue weighted by Crippen LogP contribution is -2.08. The van der Waals surface area contributed by atoms with Crippen LogP contribution in [0.4, 0.5) is 0 Å². The molecule has 0 aromatic heterocycles. The number of ether oxygens (including phenoxy) is 1. The molecule has 4 nitrogen and oxygen atoms in total. The normalized spacial score (nSPS) is 10.1. The Morgan fingerprint density at radius 1 is 1.43 bits per heavy atom. The van der Waals surface area contributed by atoms with Crippen molar-refractivity contribution in [3.8, 4) is 11.5 Å². The molecule has 0 bridgehead atoms. The van der Waals surface area contributed by atoms with Crippen molar-refractivity contribution in [1.82, 2.24) is 0 Å². The van der Waals surface area contributed by atoms with Gasteiger partial charge in [-0.1, -0.05) is 0 Å². The quantitative estimate of drug-likeness (QED) is 0.712. The SMILES string of the molecule is CCOCC(=O)c1ccc(O)cc1O. The van der Waals surface area contributed by atoms with Crippen LogP contribution in [0.25, 0.3) is 0 Å². The predicted octanol–water partition coefficient (Wildman–Crippen LogP) is 1.32. The lowest BCUT2D eigenvalue weighted by atomic mass is 10.1. The number of Topliss-reactive ketones (excluding diaryl/α,β-unsaturated/α-hetero) is 1. The number of phenolic OH excluding ortho intramolecular Hbond substituents is 2. The Balaban J connectivity index is 2.80. The number of hydrogen-bond acceptors (Lipinski definition) is 4. The minimum Gasteiger partial charge on any atom is -0.508 e. The largest absolute Gasteiger partial charge is 0.508 e. The Bertz CT molecular complexity index is 333. The van der Waals surface area contributed by atoms with Crippen LogP contribution in [0.15, 0.2) is 18.2 Å². The lowest BCUT2D eigenvalue weighted by Gasteiger charge is -2.03. The van der Waals surface area contributed by atoms with Crippen molar-refractivity contribution in [3.63, 3.8) is 0 Å². The van der Waals surface area contributed by atoms with Crippen LogP contribution in [-0.4, -0.2) is 29.2 Å². The van der Waals surface area contributed by atoms with Crippen LogP contribution in [0.3, 0.4) is 0 Å². The second-order valence-corrected chi connectivity index (χ2v) is 2.76. The molecule has 14 heavy (non-hydrogen) atoms. The number of carbonyl (C=O) groups excluding carboxylic acids is 1. The summed E-state index contributed by atoms with van der Waals surface area (Å²) >= 11 is 0. The summed E-state index contributed by atoms with van der Waals surface area (Å²) in [6, 6.07) is 3.84. The van der Waals surface area contributed by atoms with Crippen LogP contribution in [0, 0.1) is 0 Å². The van der Waals surface area contributed by atoms with Gasteiger partial charge < -0.3 is 14.9 Å². The molecule has 0 aliphatic rings. The third-order valence-electron chi connectivity index (χ3n) is 1.72. The van der Waals surface area contributed by atoms with Gasteiger partial charge in [0, 0.05) is 12.7 Å². The Labute approximate surface area is 81.8 Å². The molecule has 1 rings (SSSR count). The first-order valence-corrected chi connectivity index (χ1v) is 4.28. The second kappa shape index (κ2) is 4.62. The van der Waals surface area contributed by atoms with Gasteiger partial charge in [-0.3, -0.25) is 4.79 Å². The van der Waals surface area contributed by atoms with Crippen molar-refractivity contribution in [2.45, 2.75) is 6.92 Å². The monoisotopic (exact) mass is 196 g/mol. The lowest BCUT2D eigenvalue weighted by molar-refractivity contribution is 0.0780. The zero-order valence-corrected chi connectivity index (χ0v) is 7.86. The van der Waals surface area contributed by atoms with E-state index in [4.69, 9.17) is 9.84 Å². The van der Waals surface area contributed by atoms with Crippen molar-refractivity contribution in [3.05, 3.63) is 23.8 Å². The highest BCUT2D eigenvalue weighted by molar-refractivity contribution is 5.99. The standard InChI is InChI=1S/C10H12O4/c1-2-14-6-10(13)8-4-3-7(11)5-9(8)12/h3-5,11-12H,2,6H2,1H3. The van der Waals surface area contributed by atoms with Crippen molar-refractivity contribution >= 4 is 5.78 Å². The van der Waals surface area contributed by atoms with E-state index in [-0.39, 0.29) is 29.5 Å². The van der Waals surface area contributed by atoms with E-state index in [1.54, 1.807) is 6.92 Å². The molecular weight excluding hydrogens is 184 g/mol. The van der Waals surface area contributed by atoms with Crippen molar-refractivity contribution in [2.24, 2.45) is 0 Å². The zero-order chi connectivity index (χ0) is 10.6. The fraction of sp³-hybridized carbons (Fsp3) is 0.300. The minimum atomic E-state index is -0.302. The molecule has 0 unspecified atom stereocenters. The van der Waals surface area contributed by atoms with Gasteiger partial charge in [-0.15, -0.1) is 0 Å². The van der Waals surface area contributed by atoms with E-state index in [9.17, 15) is 9.90 Å². The Kier molecular flexibility index (Phi) is 3.48. The topological polar surface area (TPSA) is 66.8 Å². The van der Waals surface area contributed by atoms with Gasteiger partial charge in [0.2, 0.25) is 0 Å². The smallest absolute Gasteiger partial charge is 0.192 e. The van der Waals surface area contributed by atoms with Crippen LogP contribution >= 0.6 is 0 Å². The number of ketones is 1. The third kappa shape index (κ3) is 2.47. The fourth-order valence-corrected chi connectivity index (χ4v) is 1.03. The summed E-state index contributed by atoms with van der Waals surface area (Å²) in [4.78, 5) is 11.4.